The molecule has 0 heterocycles. The smallest absolute Gasteiger partial charge is 0.248 e. The molecule has 200 valence electrons. The van der Waals surface area contributed by atoms with Crippen LogP contribution in [0.3, 0.4) is 0 Å². The normalized spacial score (nSPS) is 14.5. The summed E-state index contributed by atoms with van der Waals surface area (Å²) in [4.78, 5) is 29.2. The van der Waals surface area contributed by atoms with E-state index in [1.54, 1.807) is 19.2 Å². The van der Waals surface area contributed by atoms with E-state index < -0.39 is 11.9 Å². The lowest BCUT2D eigenvalue weighted by Crippen LogP contribution is -2.49. The number of carbonyl (C=O) groups is 2. The van der Waals surface area contributed by atoms with Gasteiger partial charge in [-0.3, -0.25) is 14.5 Å². The van der Waals surface area contributed by atoms with Gasteiger partial charge in [-0.2, -0.15) is 0 Å². The Labute approximate surface area is 224 Å². The zero-order valence-electron chi connectivity index (χ0n) is 22.1. The first-order valence-corrected chi connectivity index (χ1v) is 13.2. The minimum Gasteiger partial charge on any atom is -0.497 e. The quantitative estimate of drug-likeness (QED) is 0.375. The molecule has 3 aromatic carbocycles. The predicted molar refractivity (Wildman–Crippen MR) is 148 cm³/mol. The van der Waals surface area contributed by atoms with E-state index in [0.29, 0.717) is 17.8 Å². The number of benzene rings is 3. The summed E-state index contributed by atoms with van der Waals surface area (Å²) in [5, 5.41) is 6.38. The molecule has 0 radical (unpaired) electrons. The van der Waals surface area contributed by atoms with Crippen molar-refractivity contribution in [3.63, 3.8) is 0 Å². The Morgan fingerprint density at radius 3 is 2.50 bits per heavy atom. The summed E-state index contributed by atoms with van der Waals surface area (Å²) in [7, 11) is 1.61. The summed E-state index contributed by atoms with van der Waals surface area (Å²) < 4.78 is 19.7. The highest BCUT2D eigenvalue weighted by atomic mass is 19.1. The maximum atomic E-state index is 14.4. The van der Waals surface area contributed by atoms with Gasteiger partial charge in [0.05, 0.1) is 13.7 Å². The van der Waals surface area contributed by atoms with Gasteiger partial charge in [0.25, 0.3) is 0 Å². The molecular weight excluding hydrogens is 481 g/mol. The molecule has 0 spiro atoms. The van der Waals surface area contributed by atoms with Crippen LogP contribution in [0.5, 0.6) is 5.75 Å². The van der Waals surface area contributed by atoms with Crippen molar-refractivity contribution in [2.24, 2.45) is 0 Å². The Bertz CT molecular complexity index is 1240. The van der Waals surface area contributed by atoms with E-state index in [4.69, 9.17) is 4.74 Å². The van der Waals surface area contributed by atoms with Crippen LogP contribution in [0, 0.1) is 12.7 Å². The van der Waals surface area contributed by atoms with Crippen LogP contribution in [0.1, 0.15) is 54.8 Å². The molecule has 6 nitrogen and oxygen atoms in total. The highest BCUT2D eigenvalue weighted by Gasteiger charge is 2.34. The average molecular weight is 518 g/mol. The summed E-state index contributed by atoms with van der Waals surface area (Å²) in [6.45, 7) is 2.32. The molecule has 1 aliphatic carbocycles. The van der Waals surface area contributed by atoms with E-state index in [9.17, 15) is 14.0 Å². The van der Waals surface area contributed by atoms with Gasteiger partial charge in [-0.15, -0.1) is 0 Å². The second-order valence-corrected chi connectivity index (χ2v) is 9.80. The molecular formula is C31H36FN3O3. The van der Waals surface area contributed by atoms with E-state index in [2.05, 4.69) is 10.6 Å². The zero-order valence-corrected chi connectivity index (χ0v) is 22.1. The molecule has 7 heteroatoms. The molecule has 0 bridgehead atoms. The first-order valence-electron chi connectivity index (χ1n) is 13.2. The van der Waals surface area contributed by atoms with Crippen molar-refractivity contribution in [3.05, 3.63) is 95.3 Å². The van der Waals surface area contributed by atoms with Gasteiger partial charge < -0.3 is 15.4 Å². The van der Waals surface area contributed by atoms with Crippen LogP contribution in [0.25, 0.3) is 0 Å². The Morgan fingerprint density at radius 1 is 1.00 bits per heavy atom. The van der Waals surface area contributed by atoms with E-state index >= 15 is 0 Å². The Kier molecular flexibility index (Phi) is 9.49. The Balaban J connectivity index is 1.64. The molecule has 0 aliphatic heterocycles. The number of halogens is 1. The third-order valence-electron chi connectivity index (χ3n) is 7.04. The molecule has 1 fully saturated rings. The number of aryl methyl sites for hydroxylation is 1. The van der Waals surface area contributed by atoms with Crippen LogP contribution in [-0.4, -0.2) is 31.5 Å². The number of nitrogens with one attached hydrogen (secondary N) is 2. The number of amides is 2. The summed E-state index contributed by atoms with van der Waals surface area (Å²) in [5.74, 6) is -0.320. The van der Waals surface area contributed by atoms with E-state index in [1.165, 1.54) is 23.5 Å². The molecule has 2 amide bonds. The molecule has 1 saturated carbocycles. The number of carbonyl (C=O) groups excluding carboxylic acids is 2. The highest BCUT2D eigenvalue weighted by molar-refractivity contribution is 6.02. The van der Waals surface area contributed by atoms with Crippen molar-refractivity contribution in [1.82, 2.24) is 10.6 Å². The zero-order chi connectivity index (χ0) is 26.9. The minimum absolute atomic E-state index is 0.0349. The average Bonchev–Trinajstić information content (AvgIpc) is 2.92. The first-order chi connectivity index (χ1) is 18.5. The van der Waals surface area contributed by atoms with Gasteiger partial charge in [0.2, 0.25) is 11.8 Å². The topological polar surface area (TPSA) is 70.7 Å². The number of ether oxygens (including phenoxy) is 1. The second-order valence-electron chi connectivity index (χ2n) is 9.80. The van der Waals surface area contributed by atoms with Gasteiger partial charge in [0, 0.05) is 18.3 Å². The third-order valence-corrected chi connectivity index (χ3v) is 7.04. The van der Waals surface area contributed by atoms with Crippen molar-refractivity contribution in [3.8, 4) is 5.75 Å². The van der Waals surface area contributed by atoms with Crippen LogP contribution >= 0.6 is 0 Å². The standard InChI is InChI=1S/C31H36FN3O3/c1-22-10-6-7-17-28(22)30(31(37)34-25-13-4-3-5-14-25)35(26-15-9-12-24(32)19-26)29(36)21-33-20-23-11-8-16-27(18-23)38-2/h6-12,15-19,25,30,33H,3-5,13-14,20-21H2,1-2H3,(H,34,37). The molecule has 1 atom stereocenters. The number of methoxy groups -OCH3 is 1. The largest absolute Gasteiger partial charge is 0.497 e. The number of nitrogens with zero attached hydrogens (tertiary/aromatic N) is 1. The molecule has 0 saturated heterocycles. The van der Waals surface area contributed by atoms with Gasteiger partial charge in [0.1, 0.15) is 17.6 Å². The van der Waals surface area contributed by atoms with Gasteiger partial charge >= 0.3 is 0 Å². The van der Waals surface area contributed by atoms with Crippen LogP contribution in [0.15, 0.2) is 72.8 Å². The van der Waals surface area contributed by atoms with Crippen LogP contribution in [0.2, 0.25) is 0 Å². The van der Waals surface area contributed by atoms with Crippen molar-refractivity contribution in [2.45, 2.75) is 57.7 Å². The lowest BCUT2D eigenvalue weighted by molar-refractivity contribution is -0.127. The molecule has 3 aromatic rings. The SMILES string of the molecule is COc1cccc(CNCC(=O)N(c2cccc(F)c2)C(C(=O)NC2CCCCC2)c2ccccc2C)c1. The van der Waals surface area contributed by atoms with E-state index in [0.717, 1.165) is 42.6 Å². The van der Waals surface area contributed by atoms with Gasteiger partial charge in [-0.05, 0) is 66.8 Å². The summed E-state index contributed by atoms with van der Waals surface area (Å²) >= 11 is 0. The van der Waals surface area contributed by atoms with Crippen molar-refractivity contribution < 1.29 is 18.7 Å². The van der Waals surface area contributed by atoms with Gasteiger partial charge in [-0.25, -0.2) is 4.39 Å². The van der Waals surface area contributed by atoms with Gasteiger partial charge in [0.15, 0.2) is 0 Å². The lowest BCUT2D eigenvalue weighted by Gasteiger charge is -2.34. The predicted octanol–water partition coefficient (Wildman–Crippen LogP) is 5.46. The third kappa shape index (κ3) is 6.98. The number of anilines is 1. The Morgan fingerprint density at radius 2 is 1.76 bits per heavy atom. The van der Waals surface area contributed by atoms with Crippen molar-refractivity contribution in [1.29, 1.82) is 0 Å². The fourth-order valence-electron chi connectivity index (χ4n) is 5.06. The molecule has 1 unspecified atom stereocenters. The number of hydrogen-bond acceptors (Lipinski definition) is 4. The van der Waals surface area contributed by atoms with Gasteiger partial charge in [-0.1, -0.05) is 61.7 Å². The Hall–Kier alpha value is -3.71. The van der Waals surface area contributed by atoms with Crippen LogP contribution in [-0.2, 0) is 16.1 Å². The molecule has 38 heavy (non-hydrogen) atoms. The monoisotopic (exact) mass is 517 g/mol. The van der Waals surface area contributed by atoms with E-state index in [-0.39, 0.29) is 24.4 Å². The summed E-state index contributed by atoms with van der Waals surface area (Å²) in [6.07, 6.45) is 5.15. The fraction of sp³-hybridized carbons (Fsp3) is 0.355. The molecule has 4 rings (SSSR count). The first kappa shape index (κ1) is 27.3. The second kappa shape index (κ2) is 13.2. The molecule has 1 aliphatic rings. The van der Waals surface area contributed by atoms with Crippen LogP contribution < -0.4 is 20.3 Å². The highest BCUT2D eigenvalue weighted by Crippen LogP contribution is 2.31. The fourth-order valence-corrected chi connectivity index (χ4v) is 5.06. The number of rotatable bonds is 10. The summed E-state index contributed by atoms with van der Waals surface area (Å²) in [6, 6.07) is 20.1. The molecule has 2 N–H and O–H groups in total. The summed E-state index contributed by atoms with van der Waals surface area (Å²) in [5.41, 5.74) is 2.89. The van der Waals surface area contributed by atoms with E-state index in [1.807, 2.05) is 55.5 Å². The van der Waals surface area contributed by atoms with Crippen molar-refractivity contribution in [2.75, 3.05) is 18.6 Å². The lowest BCUT2D eigenvalue weighted by atomic mass is 9.93. The van der Waals surface area contributed by atoms with Crippen LogP contribution in [0.4, 0.5) is 10.1 Å². The number of hydrogen-bond donors (Lipinski definition) is 2. The minimum atomic E-state index is -0.939. The molecule has 0 aromatic heterocycles. The van der Waals surface area contributed by atoms with Crippen molar-refractivity contribution >= 4 is 17.5 Å². The maximum absolute atomic E-state index is 14.4. The maximum Gasteiger partial charge on any atom is 0.248 e.